The van der Waals surface area contributed by atoms with Gasteiger partial charge in [0.25, 0.3) is 0 Å². The normalized spacial score (nSPS) is 11.1. The first-order chi connectivity index (χ1) is 12.3. The van der Waals surface area contributed by atoms with E-state index in [1.54, 1.807) is 4.90 Å². The number of hydrogen-bond donors (Lipinski definition) is 2. The van der Waals surface area contributed by atoms with Crippen LogP contribution in [-0.2, 0) is 0 Å². The summed E-state index contributed by atoms with van der Waals surface area (Å²) in [5.74, 6) is 0. The predicted molar refractivity (Wildman–Crippen MR) is 112 cm³/mol. The molecule has 0 aliphatic heterocycles. The van der Waals surface area contributed by atoms with Crippen molar-refractivity contribution in [3.63, 3.8) is 0 Å². The van der Waals surface area contributed by atoms with Crippen molar-refractivity contribution >= 4 is 0 Å². The van der Waals surface area contributed by atoms with Gasteiger partial charge < -0.3 is 22.4 Å². The lowest BCUT2D eigenvalue weighted by molar-refractivity contribution is -0.858. The SMILES string of the molecule is C[NH+](C)CCCCCCCCCCCCCCCCCCCCCO.[Cl-]. The maximum atomic E-state index is 8.72. The molecule has 0 fully saturated rings. The maximum Gasteiger partial charge on any atom is 0.0766 e. The van der Waals surface area contributed by atoms with Gasteiger partial charge in [-0.25, -0.2) is 0 Å². The fourth-order valence-electron chi connectivity index (χ4n) is 3.60. The summed E-state index contributed by atoms with van der Waals surface area (Å²) in [6, 6.07) is 0. The molecule has 2 nitrogen and oxygen atoms in total. The van der Waals surface area contributed by atoms with Crippen LogP contribution in [0, 0.1) is 0 Å². The van der Waals surface area contributed by atoms with Crippen molar-refractivity contribution < 1.29 is 22.4 Å². The molecule has 0 aromatic rings. The maximum absolute atomic E-state index is 8.72. The predicted octanol–water partition coefficient (Wildman–Crippen LogP) is 2.54. The van der Waals surface area contributed by atoms with Crippen molar-refractivity contribution in [2.75, 3.05) is 27.2 Å². The molecule has 0 amide bonds. The average molecular weight is 392 g/mol. The second-order valence-electron chi connectivity index (χ2n) is 8.40. The first-order valence-electron chi connectivity index (χ1n) is 11.7. The molecule has 0 aromatic carbocycles. The van der Waals surface area contributed by atoms with E-state index in [0.717, 1.165) is 6.42 Å². The molecular formula is C23H50ClNO. The summed E-state index contributed by atoms with van der Waals surface area (Å²) < 4.78 is 0. The zero-order chi connectivity index (χ0) is 18.4. The smallest absolute Gasteiger partial charge is 0.0766 e. The highest BCUT2D eigenvalue weighted by Gasteiger charge is 1.96. The lowest BCUT2D eigenvalue weighted by atomic mass is 10.0. The summed E-state index contributed by atoms with van der Waals surface area (Å²) in [4.78, 5) is 1.59. The minimum Gasteiger partial charge on any atom is -1.00 e. The van der Waals surface area contributed by atoms with Gasteiger partial charge in [0.15, 0.2) is 0 Å². The molecule has 0 saturated carbocycles. The van der Waals surface area contributed by atoms with E-state index in [0.29, 0.717) is 6.61 Å². The van der Waals surface area contributed by atoms with Crippen LogP contribution < -0.4 is 17.3 Å². The van der Waals surface area contributed by atoms with Gasteiger partial charge in [-0.2, -0.15) is 0 Å². The fourth-order valence-corrected chi connectivity index (χ4v) is 3.60. The van der Waals surface area contributed by atoms with Crippen molar-refractivity contribution in [3.8, 4) is 0 Å². The Bertz CT molecular complexity index is 236. The molecule has 0 atom stereocenters. The van der Waals surface area contributed by atoms with Crippen LogP contribution in [0.25, 0.3) is 0 Å². The van der Waals surface area contributed by atoms with E-state index in [1.807, 2.05) is 0 Å². The Labute approximate surface area is 171 Å². The Morgan fingerprint density at radius 3 is 0.885 bits per heavy atom. The molecule has 0 aliphatic rings. The van der Waals surface area contributed by atoms with E-state index in [4.69, 9.17) is 5.11 Å². The van der Waals surface area contributed by atoms with E-state index in [2.05, 4.69) is 14.1 Å². The van der Waals surface area contributed by atoms with E-state index in [1.165, 1.54) is 122 Å². The topological polar surface area (TPSA) is 24.7 Å². The standard InChI is InChI=1S/C23H49NO.ClH/c1-24(2)22-20-18-16-14-12-10-8-6-4-3-5-7-9-11-13-15-17-19-21-23-25;/h25H,3-23H2,1-2H3;1H. The highest BCUT2D eigenvalue weighted by Crippen LogP contribution is 2.14. The van der Waals surface area contributed by atoms with Gasteiger partial charge in [0, 0.05) is 6.61 Å². The van der Waals surface area contributed by atoms with E-state index < -0.39 is 0 Å². The number of quaternary nitrogens is 1. The van der Waals surface area contributed by atoms with Crippen LogP contribution in [-0.4, -0.2) is 32.4 Å². The summed E-state index contributed by atoms with van der Waals surface area (Å²) in [7, 11) is 4.51. The summed E-state index contributed by atoms with van der Waals surface area (Å²) in [6.45, 7) is 1.71. The molecule has 0 radical (unpaired) electrons. The van der Waals surface area contributed by atoms with Crippen molar-refractivity contribution in [2.24, 2.45) is 0 Å². The molecule has 0 aliphatic carbocycles. The van der Waals surface area contributed by atoms with Crippen LogP contribution >= 0.6 is 0 Å². The third-order valence-electron chi connectivity index (χ3n) is 5.33. The Morgan fingerprint density at radius 2 is 0.654 bits per heavy atom. The third-order valence-corrected chi connectivity index (χ3v) is 5.33. The summed E-state index contributed by atoms with van der Waals surface area (Å²) in [6.07, 6.45) is 26.6. The van der Waals surface area contributed by atoms with E-state index >= 15 is 0 Å². The molecular weight excluding hydrogens is 342 g/mol. The van der Waals surface area contributed by atoms with Gasteiger partial charge in [-0.15, -0.1) is 0 Å². The lowest BCUT2D eigenvalue weighted by Gasteiger charge is -2.06. The molecule has 0 heterocycles. The Morgan fingerprint density at radius 1 is 0.423 bits per heavy atom. The van der Waals surface area contributed by atoms with Crippen LogP contribution in [0.4, 0.5) is 0 Å². The Kier molecular flexibility index (Phi) is 27.6. The summed E-state index contributed by atoms with van der Waals surface area (Å²) >= 11 is 0. The number of halogens is 1. The number of hydrogen-bond acceptors (Lipinski definition) is 1. The zero-order valence-electron chi connectivity index (χ0n) is 18.2. The molecule has 0 aromatic heterocycles. The second kappa shape index (κ2) is 25.2. The number of aliphatic hydroxyl groups excluding tert-OH is 1. The van der Waals surface area contributed by atoms with Crippen LogP contribution in [0.3, 0.4) is 0 Å². The van der Waals surface area contributed by atoms with E-state index in [9.17, 15) is 0 Å². The van der Waals surface area contributed by atoms with Gasteiger partial charge in [-0.3, -0.25) is 0 Å². The molecule has 2 N–H and O–H groups in total. The first kappa shape index (κ1) is 28.4. The van der Waals surface area contributed by atoms with E-state index in [-0.39, 0.29) is 12.4 Å². The number of unbranched alkanes of at least 4 members (excludes halogenated alkanes) is 18. The van der Waals surface area contributed by atoms with Crippen LogP contribution in [0.15, 0.2) is 0 Å². The van der Waals surface area contributed by atoms with Crippen molar-refractivity contribution in [1.82, 2.24) is 0 Å². The largest absolute Gasteiger partial charge is 1.00 e. The molecule has 0 bridgehead atoms. The quantitative estimate of drug-likeness (QED) is 0.289. The third kappa shape index (κ3) is 26.4. The van der Waals surface area contributed by atoms with Crippen LogP contribution in [0.5, 0.6) is 0 Å². The molecule has 160 valence electrons. The molecule has 0 saturated heterocycles. The molecule has 0 spiro atoms. The molecule has 26 heavy (non-hydrogen) atoms. The van der Waals surface area contributed by atoms with Gasteiger partial charge in [0.1, 0.15) is 0 Å². The summed E-state index contributed by atoms with van der Waals surface area (Å²) in [5.41, 5.74) is 0. The van der Waals surface area contributed by atoms with Gasteiger partial charge in [-0.1, -0.05) is 103 Å². The first-order valence-corrected chi connectivity index (χ1v) is 11.7. The van der Waals surface area contributed by atoms with Gasteiger partial charge in [-0.05, 0) is 19.3 Å². The van der Waals surface area contributed by atoms with Crippen LogP contribution in [0.1, 0.15) is 122 Å². The number of nitrogens with one attached hydrogen (secondary N) is 1. The average Bonchev–Trinajstić information content (AvgIpc) is 2.60. The van der Waals surface area contributed by atoms with Crippen molar-refractivity contribution in [2.45, 2.75) is 122 Å². The second-order valence-corrected chi connectivity index (χ2v) is 8.40. The zero-order valence-corrected chi connectivity index (χ0v) is 18.9. The van der Waals surface area contributed by atoms with Gasteiger partial charge in [0.05, 0.1) is 20.6 Å². The molecule has 0 rings (SSSR count). The Balaban J connectivity index is 0. The molecule has 3 heteroatoms. The minimum absolute atomic E-state index is 0. The number of aliphatic hydroxyl groups is 1. The van der Waals surface area contributed by atoms with Gasteiger partial charge in [0.2, 0.25) is 0 Å². The summed E-state index contributed by atoms with van der Waals surface area (Å²) in [5, 5.41) is 8.72. The fraction of sp³-hybridized carbons (Fsp3) is 1.00. The van der Waals surface area contributed by atoms with Crippen molar-refractivity contribution in [3.05, 3.63) is 0 Å². The van der Waals surface area contributed by atoms with Crippen LogP contribution in [0.2, 0.25) is 0 Å². The lowest BCUT2D eigenvalue weighted by Crippen LogP contribution is -3.05. The number of rotatable bonds is 21. The van der Waals surface area contributed by atoms with Gasteiger partial charge >= 0.3 is 0 Å². The van der Waals surface area contributed by atoms with Crippen molar-refractivity contribution in [1.29, 1.82) is 0 Å². The highest BCUT2D eigenvalue weighted by atomic mass is 35.5. The molecule has 0 unspecified atom stereocenters. The Hall–Kier alpha value is 0.210. The monoisotopic (exact) mass is 391 g/mol. The highest BCUT2D eigenvalue weighted by molar-refractivity contribution is 4.50. The minimum atomic E-state index is 0.